The monoisotopic (exact) mass is 298 g/mol. The molecule has 0 radical (unpaired) electrons. The molecule has 112 valence electrons. The molecule has 0 saturated carbocycles. The van der Waals surface area contributed by atoms with Crippen molar-refractivity contribution in [2.75, 3.05) is 31.3 Å². The molecule has 1 amide bonds. The van der Waals surface area contributed by atoms with Gasteiger partial charge in [0.2, 0.25) is 15.9 Å². The van der Waals surface area contributed by atoms with E-state index in [1.54, 1.807) is 4.90 Å². The first kappa shape index (κ1) is 16.7. The van der Waals surface area contributed by atoms with Gasteiger partial charge in [0.1, 0.15) is 0 Å². The van der Waals surface area contributed by atoms with E-state index >= 15 is 0 Å². The minimum atomic E-state index is -3.34. The van der Waals surface area contributed by atoms with Gasteiger partial charge in [-0.25, -0.2) is 12.7 Å². The Labute approximate surface area is 121 Å². The highest BCUT2D eigenvalue weighted by Crippen LogP contribution is 2.17. The van der Waals surface area contributed by atoms with Gasteiger partial charge in [0.15, 0.2) is 0 Å². The number of amides is 1. The molecule has 5 nitrogen and oxygen atoms in total. The van der Waals surface area contributed by atoms with Gasteiger partial charge in [0, 0.05) is 32.7 Å². The summed E-state index contributed by atoms with van der Waals surface area (Å²) in [5.74, 6) is -0.343. The summed E-state index contributed by atoms with van der Waals surface area (Å²) in [5.41, 5.74) is 1.87. The summed E-state index contributed by atoms with van der Waals surface area (Å²) >= 11 is 0. The highest BCUT2D eigenvalue weighted by atomic mass is 32.2. The summed E-state index contributed by atoms with van der Waals surface area (Å²) in [6.45, 7) is 4.35. The van der Waals surface area contributed by atoms with Crippen LogP contribution in [0.15, 0.2) is 24.3 Å². The first-order chi connectivity index (χ1) is 9.27. The molecule has 0 N–H and O–H groups in total. The van der Waals surface area contributed by atoms with E-state index in [-0.39, 0.29) is 18.1 Å². The normalized spacial score (nSPS) is 11.7. The predicted octanol–water partition coefficient (Wildman–Crippen LogP) is 1.63. The number of carbonyl (C=O) groups excluding carboxylic acids is 1. The highest BCUT2D eigenvalue weighted by molar-refractivity contribution is 7.89. The fourth-order valence-corrected chi connectivity index (χ4v) is 2.63. The third kappa shape index (κ3) is 4.31. The average molecular weight is 298 g/mol. The van der Waals surface area contributed by atoms with E-state index in [1.807, 2.05) is 38.1 Å². The van der Waals surface area contributed by atoms with E-state index < -0.39 is 10.0 Å². The first-order valence-corrected chi connectivity index (χ1v) is 8.16. The van der Waals surface area contributed by atoms with Crippen LogP contribution in [-0.4, -0.2) is 45.0 Å². The summed E-state index contributed by atoms with van der Waals surface area (Å²) in [5, 5.41) is 0. The van der Waals surface area contributed by atoms with E-state index in [0.717, 1.165) is 15.6 Å². The highest BCUT2D eigenvalue weighted by Gasteiger charge is 2.19. The third-order valence-electron chi connectivity index (χ3n) is 3.06. The molecule has 0 heterocycles. The fourth-order valence-electron chi connectivity index (χ4n) is 1.83. The number of aryl methyl sites for hydroxylation is 1. The molecule has 0 aliphatic carbocycles. The Bertz CT molecular complexity index is 568. The SMILES string of the molecule is CCN(C(=O)CCS(=O)(=O)N(C)C)c1cccc(C)c1. The molecule has 6 heteroatoms. The zero-order valence-electron chi connectivity index (χ0n) is 12.5. The molecule has 1 aromatic carbocycles. The standard InChI is InChI=1S/C14H22N2O3S/c1-5-16(13-8-6-7-12(2)11-13)14(17)9-10-20(18,19)15(3)4/h6-8,11H,5,9-10H2,1-4H3. The second-order valence-corrected chi connectivity index (χ2v) is 7.13. The Morgan fingerprint density at radius 3 is 2.40 bits per heavy atom. The maximum Gasteiger partial charge on any atom is 0.228 e. The lowest BCUT2D eigenvalue weighted by Gasteiger charge is -2.22. The number of benzene rings is 1. The molecule has 0 aromatic heterocycles. The largest absolute Gasteiger partial charge is 0.313 e. The molecule has 0 unspecified atom stereocenters. The second kappa shape index (κ2) is 6.85. The van der Waals surface area contributed by atoms with Crippen molar-refractivity contribution in [3.05, 3.63) is 29.8 Å². The summed E-state index contributed by atoms with van der Waals surface area (Å²) in [6.07, 6.45) is -0.0116. The Morgan fingerprint density at radius 2 is 1.90 bits per heavy atom. The second-order valence-electron chi connectivity index (χ2n) is 4.83. The molecule has 0 spiro atoms. The van der Waals surface area contributed by atoms with Gasteiger partial charge in [-0.1, -0.05) is 12.1 Å². The number of rotatable bonds is 6. The zero-order chi connectivity index (χ0) is 15.3. The van der Waals surface area contributed by atoms with Crippen molar-refractivity contribution in [3.8, 4) is 0 Å². The smallest absolute Gasteiger partial charge is 0.228 e. The maximum absolute atomic E-state index is 12.2. The number of anilines is 1. The molecule has 0 aliphatic heterocycles. The lowest BCUT2D eigenvalue weighted by atomic mass is 10.2. The van der Waals surface area contributed by atoms with Crippen LogP contribution >= 0.6 is 0 Å². The van der Waals surface area contributed by atoms with Gasteiger partial charge in [0.05, 0.1) is 5.75 Å². The summed E-state index contributed by atoms with van der Waals surface area (Å²) in [4.78, 5) is 13.8. The molecule has 1 rings (SSSR count). The van der Waals surface area contributed by atoms with Crippen molar-refractivity contribution >= 4 is 21.6 Å². The fraction of sp³-hybridized carbons (Fsp3) is 0.500. The molecule has 1 aromatic rings. The van der Waals surface area contributed by atoms with Crippen molar-refractivity contribution in [1.29, 1.82) is 0 Å². The van der Waals surface area contributed by atoms with Crippen LogP contribution in [0.2, 0.25) is 0 Å². The van der Waals surface area contributed by atoms with Crippen LogP contribution < -0.4 is 4.90 Å². The van der Waals surface area contributed by atoms with Crippen molar-refractivity contribution in [1.82, 2.24) is 4.31 Å². The molecule has 20 heavy (non-hydrogen) atoms. The van der Waals surface area contributed by atoms with Gasteiger partial charge in [-0.15, -0.1) is 0 Å². The van der Waals surface area contributed by atoms with E-state index in [9.17, 15) is 13.2 Å². The van der Waals surface area contributed by atoms with Crippen LogP contribution in [0.1, 0.15) is 18.9 Å². The van der Waals surface area contributed by atoms with Crippen LogP contribution in [0.4, 0.5) is 5.69 Å². The van der Waals surface area contributed by atoms with E-state index in [2.05, 4.69) is 0 Å². The molecule has 0 fully saturated rings. The average Bonchev–Trinajstić information content (AvgIpc) is 2.37. The number of sulfonamides is 1. The number of hydrogen-bond acceptors (Lipinski definition) is 3. The van der Waals surface area contributed by atoms with Crippen molar-refractivity contribution in [2.45, 2.75) is 20.3 Å². The summed E-state index contributed by atoms with van der Waals surface area (Å²) < 4.78 is 24.5. The quantitative estimate of drug-likeness (QED) is 0.802. The van der Waals surface area contributed by atoms with Gasteiger partial charge in [-0.2, -0.15) is 0 Å². The van der Waals surface area contributed by atoms with Gasteiger partial charge < -0.3 is 4.90 Å². The third-order valence-corrected chi connectivity index (χ3v) is 4.89. The van der Waals surface area contributed by atoms with Crippen molar-refractivity contribution < 1.29 is 13.2 Å². The van der Waals surface area contributed by atoms with Crippen LogP contribution in [0.3, 0.4) is 0 Å². The first-order valence-electron chi connectivity index (χ1n) is 6.55. The van der Waals surface area contributed by atoms with Gasteiger partial charge in [-0.05, 0) is 31.5 Å². The van der Waals surface area contributed by atoms with E-state index in [1.165, 1.54) is 14.1 Å². The summed E-state index contributed by atoms with van der Waals surface area (Å²) in [6, 6.07) is 7.62. The Hall–Kier alpha value is -1.40. The number of carbonyl (C=O) groups is 1. The molecule has 0 atom stereocenters. The Kier molecular flexibility index (Phi) is 5.71. The molecule has 0 bridgehead atoms. The maximum atomic E-state index is 12.2. The van der Waals surface area contributed by atoms with E-state index in [4.69, 9.17) is 0 Å². The van der Waals surface area contributed by atoms with Crippen LogP contribution in [0.5, 0.6) is 0 Å². The van der Waals surface area contributed by atoms with Crippen molar-refractivity contribution in [3.63, 3.8) is 0 Å². The van der Waals surface area contributed by atoms with Crippen LogP contribution in [0.25, 0.3) is 0 Å². The zero-order valence-corrected chi connectivity index (χ0v) is 13.3. The minimum Gasteiger partial charge on any atom is -0.313 e. The van der Waals surface area contributed by atoms with Crippen LogP contribution in [-0.2, 0) is 14.8 Å². The van der Waals surface area contributed by atoms with Gasteiger partial charge in [0.25, 0.3) is 0 Å². The Balaban J connectivity index is 2.79. The predicted molar refractivity (Wildman–Crippen MR) is 81.3 cm³/mol. The summed E-state index contributed by atoms with van der Waals surface area (Å²) in [7, 11) is -0.399. The lowest BCUT2D eigenvalue weighted by molar-refractivity contribution is -0.118. The van der Waals surface area contributed by atoms with Crippen molar-refractivity contribution in [2.24, 2.45) is 0 Å². The lowest BCUT2D eigenvalue weighted by Crippen LogP contribution is -2.34. The van der Waals surface area contributed by atoms with Crippen LogP contribution in [0, 0.1) is 6.92 Å². The van der Waals surface area contributed by atoms with E-state index in [0.29, 0.717) is 6.54 Å². The van der Waals surface area contributed by atoms with Gasteiger partial charge >= 0.3 is 0 Å². The topological polar surface area (TPSA) is 57.7 Å². The molecule has 0 saturated heterocycles. The molecule has 0 aliphatic rings. The van der Waals surface area contributed by atoms with Gasteiger partial charge in [-0.3, -0.25) is 4.79 Å². The molecular weight excluding hydrogens is 276 g/mol. The number of hydrogen-bond donors (Lipinski definition) is 0. The molecular formula is C14H22N2O3S. The Morgan fingerprint density at radius 1 is 1.25 bits per heavy atom. The minimum absolute atomic E-state index is 0.0116. The number of nitrogens with zero attached hydrogens (tertiary/aromatic N) is 2.